The van der Waals surface area contributed by atoms with E-state index < -0.39 is 0 Å². The van der Waals surface area contributed by atoms with Crippen molar-refractivity contribution in [3.63, 3.8) is 0 Å². The smallest absolute Gasteiger partial charge is 0.127 e. The topological polar surface area (TPSA) is 82.3 Å². The van der Waals surface area contributed by atoms with Gasteiger partial charge in [0.25, 0.3) is 0 Å². The number of fused-ring (bicyclic) bond motifs is 1. The number of benzene rings is 2. The van der Waals surface area contributed by atoms with E-state index in [9.17, 15) is 15.3 Å². The van der Waals surface area contributed by atoms with Crippen LogP contribution in [0.1, 0.15) is 75.7 Å². The Labute approximate surface area is 209 Å². The molecule has 5 heteroatoms. The standard InChI is InChI=1S/C30H39NO4/c1-4-28(19(2)3)31-13-5-6-20-8-11-25(12-9-20)35-30-22(14-21-7-10-23(32)15-21)16-26-27(30)17-24(33)18-29(26)34/h5,8-9,11-13,17-19,21-23,30,32-34H,4,6-7,10,14-16H2,1-3H3. The molecule has 2 aromatic carbocycles. The fourth-order valence-corrected chi connectivity index (χ4v) is 5.66. The lowest BCUT2D eigenvalue weighted by atomic mass is 9.89. The summed E-state index contributed by atoms with van der Waals surface area (Å²) in [5, 5.41) is 30.6. The van der Waals surface area contributed by atoms with E-state index in [2.05, 4.69) is 44.0 Å². The Morgan fingerprint density at radius 3 is 2.57 bits per heavy atom. The maximum atomic E-state index is 10.5. The Balaban J connectivity index is 1.46. The molecular weight excluding hydrogens is 438 g/mol. The second-order valence-electron chi connectivity index (χ2n) is 10.5. The summed E-state index contributed by atoms with van der Waals surface area (Å²) in [6.07, 6.45) is 9.71. The first-order valence-corrected chi connectivity index (χ1v) is 13.0. The SMILES string of the molecule is CCC(=NC=CCc1ccc(OC2c3cc(O)cc(O)c3CC2CC2CCC(O)C2)cc1)C(C)C. The van der Waals surface area contributed by atoms with Gasteiger partial charge in [-0.3, -0.25) is 4.99 Å². The molecule has 3 N–H and O–H groups in total. The molecular formula is C30H39NO4. The summed E-state index contributed by atoms with van der Waals surface area (Å²) in [6, 6.07) is 11.3. The number of rotatable bonds is 9. The molecule has 4 atom stereocenters. The van der Waals surface area contributed by atoms with E-state index in [1.54, 1.807) is 6.07 Å². The maximum Gasteiger partial charge on any atom is 0.127 e. The molecule has 0 aliphatic heterocycles. The summed E-state index contributed by atoms with van der Waals surface area (Å²) in [5.41, 5.74) is 4.13. The van der Waals surface area contributed by atoms with E-state index in [0.29, 0.717) is 11.8 Å². The van der Waals surface area contributed by atoms with Crippen molar-refractivity contribution < 1.29 is 20.1 Å². The Kier molecular flexibility index (Phi) is 8.17. The van der Waals surface area contributed by atoms with Gasteiger partial charge in [0.05, 0.1) is 6.10 Å². The van der Waals surface area contributed by atoms with Crippen LogP contribution in [-0.4, -0.2) is 27.1 Å². The highest BCUT2D eigenvalue weighted by molar-refractivity contribution is 5.86. The van der Waals surface area contributed by atoms with E-state index >= 15 is 0 Å². The van der Waals surface area contributed by atoms with E-state index in [1.165, 1.54) is 17.3 Å². The van der Waals surface area contributed by atoms with Gasteiger partial charge >= 0.3 is 0 Å². The summed E-state index contributed by atoms with van der Waals surface area (Å²) in [4.78, 5) is 4.59. The third-order valence-corrected chi connectivity index (χ3v) is 7.51. The van der Waals surface area contributed by atoms with Crippen LogP contribution in [0, 0.1) is 17.8 Å². The number of aliphatic imine (C=N–C) groups is 1. The van der Waals surface area contributed by atoms with Crippen molar-refractivity contribution in [1.29, 1.82) is 0 Å². The molecule has 2 aliphatic rings. The van der Waals surface area contributed by atoms with Crippen LogP contribution < -0.4 is 4.74 Å². The van der Waals surface area contributed by atoms with Crippen molar-refractivity contribution in [1.82, 2.24) is 0 Å². The van der Waals surface area contributed by atoms with Gasteiger partial charge in [-0.1, -0.05) is 39.0 Å². The molecule has 2 aromatic rings. The third-order valence-electron chi connectivity index (χ3n) is 7.51. The van der Waals surface area contributed by atoms with Gasteiger partial charge in [0.1, 0.15) is 23.4 Å². The van der Waals surface area contributed by atoms with Crippen molar-refractivity contribution >= 4 is 5.71 Å². The first kappa shape index (κ1) is 25.3. The minimum Gasteiger partial charge on any atom is -0.508 e. The molecule has 4 unspecified atom stereocenters. The van der Waals surface area contributed by atoms with E-state index in [4.69, 9.17) is 4.74 Å². The molecule has 0 heterocycles. The highest BCUT2D eigenvalue weighted by Gasteiger charge is 2.39. The van der Waals surface area contributed by atoms with Gasteiger partial charge < -0.3 is 20.1 Å². The minimum atomic E-state index is -0.232. The molecule has 5 nitrogen and oxygen atoms in total. The number of ether oxygens (including phenoxy) is 1. The molecule has 2 aliphatic carbocycles. The summed E-state index contributed by atoms with van der Waals surface area (Å²) in [6.45, 7) is 6.47. The van der Waals surface area contributed by atoms with E-state index in [1.807, 2.05) is 18.3 Å². The predicted octanol–water partition coefficient (Wildman–Crippen LogP) is 6.50. The number of phenolic OH excluding ortho intramolecular Hbond substituents is 2. The first-order chi connectivity index (χ1) is 16.8. The second-order valence-corrected chi connectivity index (χ2v) is 10.5. The van der Waals surface area contributed by atoms with Crippen LogP contribution in [-0.2, 0) is 12.8 Å². The number of allylic oxidation sites excluding steroid dienone is 1. The normalized spacial score (nSPS) is 24.4. The van der Waals surface area contributed by atoms with Crippen LogP contribution in [0.25, 0.3) is 0 Å². The third kappa shape index (κ3) is 6.26. The number of nitrogens with zero attached hydrogens (tertiary/aromatic N) is 1. The number of hydrogen-bond acceptors (Lipinski definition) is 5. The minimum absolute atomic E-state index is 0.0558. The monoisotopic (exact) mass is 477 g/mol. The van der Waals surface area contributed by atoms with Crippen molar-refractivity contribution in [3.8, 4) is 17.2 Å². The lowest BCUT2D eigenvalue weighted by Gasteiger charge is -2.24. The lowest BCUT2D eigenvalue weighted by Crippen LogP contribution is -2.17. The van der Waals surface area contributed by atoms with Crippen molar-refractivity contribution in [2.75, 3.05) is 0 Å². The average Bonchev–Trinajstić information content (AvgIpc) is 3.38. The van der Waals surface area contributed by atoms with Gasteiger partial charge in [0.15, 0.2) is 0 Å². The van der Waals surface area contributed by atoms with Crippen LogP contribution in [0.4, 0.5) is 0 Å². The molecule has 1 fully saturated rings. The molecule has 35 heavy (non-hydrogen) atoms. The van der Waals surface area contributed by atoms with E-state index in [-0.39, 0.29) is 29.6 Å². The van der Waals surface area contributed by atoms with Crippen molar-refractivity contribution in [2.45, 2.75) is 77.9 Å². The zero-order valence-electron chi connectivity index (χ0n) is 21.2. The first-order valence-electron chi connectivity index (χ1n) is 13.0. The zero-order valence-corrected chi connectivity index (χ0v) is 21.2. The molecule has 188 valence electrons. The highest BCUT2D eigenvalue weighted by atomic mass is 16.5. The van der Waals surface area contributed by atoms with Crippen LogP contribution >= 0.6 is 0 Å². The molecule has 0 amide bonds. The van der Waals surface area contributed by atoms with Gasteiger partial charge in [0.2, 0.25) is 0 Å². The second kappa shape index (κ2) is 11.3. The Morgan fingerprint density at radius 2 is 1.91 bits per heavy atom. The van der Waals surface area contributed by atoms with Gasteiger partial charge in [-0.25, -0.2) is 0 Å². The average molecular weight is 478 g/mol. The lowest BCUT2D eigenvalue weighted by molar-refractivity contribution is 0.126. The Hall–Kier alpha value is -2.79. The van der Waals surface area contributed by atoms with Crippen LogP contribution in [0.3, 0.4) is 0 Å². The molecule has 0 radical (unpaired) electrons. The number of phenols is 2. The van der Waals surface area contributed by atoms with E-state index in [0.717, 1.165) is 61.8 Å². The molecule has 0 aromatic heterocycles. The molecule has 0 saturated heterocycles. The number of aromatic hydroxyl groups is 2. The molecule has 1 saturated carbocycles. The van der Waals surface area contributed by atoms with Gasteiger partial charge in [0, 0.05) is 35.0 Å². The Morgan fingerprint density at radius 1 is 1.14 bits per heavy atom. The molecule has 0 bridgehead atoms. The van der Waals surface area contributed by atoms with Gasteiger partial charge in [-0.2, -0.15) is 0 Å². The van der Waals surface area contributed by atoms with Crippen molar-refractivity contribution in [2.24, 2.45) is 22.7 Å². The fourth-order valence-electron chi connectivity index (χ4n) is 5.66. The van der Waals surface area contributed by atoms with Crippen LogP contribution in [0.5, 0.6) is 17.2 Å². The van der Waals surface area contributed by atoms with Gasteiger partial charge in [-0.05, 0) is 80.5 Å². The van der Waals surface area contributed by atoms with Gasteiger partial charge in [-0.15, -0.1) is 0 Å². The van der Waals surface area contributed by atoms with Crippen molar-refractivity contribution in [3.05, 3.63) is 65.4 Å². The molecule has 0 spiro atoms. The molecule has 4 rings (SSSR count). The maximum absolute atomic E-state index is 10.5. The highest BCUT2D eigenvalue weighted by Crippen LogP contribution is 2.48. The summed E-state index contributed by atoms with van der Waals surface area (Å²) >= 11 is 0. The number of hydrogen-bond donors (Lipinski definition) is 3. The summed E-state index contributed by atoms with van der Waals surface area (Å²) in [5.74, 6) is 2.10. The Bertz CT molecular complexity index is 1060. The zero-order chi connectivity index (χ0) is 24.9. The number of aliphatic hydroxyl groups is 1. The van der Waals surface area contributed by atoms with Crippen LogP contribution in [0.15, 0.2) is 53.7 Å². The summed E-state index contributed by atoms with van der Waals surface area (Å²) in [7, 11) is 0. The predicted molar refractivity (Wildman–Crippen MR) is 140 cm³/mol. The quantitative estimate of drug-likeness (QED) is 0.360. The largest absolute Gasteiger partial charge is 0.508 e. The van der Waals surface area contributed by atoms with Crippen LogP contribution in [0.2, 0.25) is 0 Å². The summed E-state index contributed by atoms with van der Waals surface area (Å²) < 4.78 is 6.49. The fraction of sp³-hybridized carbons (Fsp3) is 0.500. The number of aliphatic hydroxyl groups excluding tert-OH is 1.